The van der Waals surface area contributed by atoms with Crippen LogP contribution in [0.25, 0.3) is 0 Å². The van der Waals surface area contributed by atoms with Gasteiger partial charge in [-0.25, -0.2) is 4.98 Å². The van der Waals surface area contributed by atoms with Crippen molar-refractivity contribution in [2.24, 2.45) is 0 Å². The number of rotatable bonds is 3. The summed E-state index contributed by atoms with van der Waals surface area (Å²) in [6, 6.07) is 5.21. The Kier molecular flexibility index (Phi) is 4.38. The Bertz CT molecular complexity index is 714. The molecule has 7 heteroatoms. The Morgan fingerprint density at radius 2 is 2.32 bits per heavy atom. The van der Waals surface area contributed by atoms with Gasteiger partial charge in [-0.3, -0.25) is 4.79 Å². The molecule has 0 spiro atoms. The predicted molar refractivity (Wildman–Crippen MR) is 87.7 cm³/mol. The van der Waals surface area contributed by atoms with E-state index in [0.29, 0.717) is 28.0 Å². The van der Waals surface area contributed by atoms with Gasteiger partial charge in [-0.05, 0) is 24.6 Å². The molecule has 0 saturated heterocycles. The molecule has 1 amide bonds. The van der Waals surface area contributed by atoms with Gasteiger partial charge in [0.15, 0.2) is 0 Å². The molecule has 2 aromatic rings. The Morgan fingerprint density at radius 3 is 3.05 bits per heavy atom. The molecule has 1 aromatic carbocycles. The number of hydrogen-bond acceptors (Lipinski definition) is 3. The quantitative estimate of drug-likeness (QED) is 0.900. The lowest BCUT2D eigenvalue weighted by molar-refractivity contribution is 0.101. The molecule has 0 fully saturated rings. The van der Waals surface area contributed by atoms with Crippen molar-refractivity contribution in [3.05, 3.63) is 46.0 Å². The second-order valence-corrected chi connectivity index (χ2v) is 6.04. The fourth-order valence-corrected chi connectivity index (χ4v) is 3.11. The van der Waals surface area contributed by atoms with E-state index in [9.17, 15) is 4.79 Å². The average molecular weight is 339 g/mol. The molecule has 2 heterocycles. The second kappa shape index (κ2) is 6.28. The van der Waals surface area contributed by atoms with Crippen LogP contribution >= 0.6 is 23.2 Å². The van der Waals surface area contributed by atoms with E-state index in [0.717, 1.165) is 18.8 Å². The lowest BCUT2D eigenvalue weighted by atomic mass is 10.1. The van der Waals surface area contributed by atoms with Crippen molar-refractivity contribution in [3.63, 3.8) is 0 Å². The van der Waals surface area contributed by atoms with Crippen LogP contribution in [0.5, 0.6) is 0 Å². The van der Waals surface area contributed by atoms with E-state index in [2.05, 4.69) is 22.5 Å². The highest BCUT2D eigenvalue weighted by molar-refractivity contribution is 6.36. The number of anilines is 1. The van der Waals surface area contributed by atoms with Gasteiger partial charge in [0.1, 0.15) is 11.5 Å². The standard InChI is InChI=1S/C15H16Cl2N4O/c1-2-10-6-18-8-14-19-7-13(21(10)14)15(22)20-12-4-3-9(16)5-11(12)17/h3-5,7,10,18H,2,6,8H2,1H3,(H,20,22)/t10-/m1/s1. The maximum atomic E-state index is 12.6. The minimum atomic E-state index is -0.219. The number of nitrogens with one attached hydrogen (secondary N) is 2. The van der Waals surface area contributed by atoms with Gasteiger partial charge < -0.3 is 15.2 Å². The predicted octanol–water partition coefficient (Wildman–Crippen LogP) is 3.50. The summed E-state index contributed by atoms with van der Waals surface area (Å²) in [5.41, 5.74) is 1.09. The van der Waals surface area contributed by atoms with E-state index >= 15 is 0 Å². The van der Waals surface area contributed by atoms with E-state index in [1.807, 2.05) is 4.57 Å². The van der Waals surface area contributed by atoms with Gasteiger partial charge in [0, 0.05) is 17.6 Å². The van der Waals surface area contributed by atoms with E-state index in [4.69, 9.17) is 23.2 Å². The number of hydrogen-bond donors (Lipinski definition) is 2. The smallest absolute Gasteiger partial charge is 0.273 e. The first-order chi connectivity index (χ1) is 10.6. The molecular formula is C15H16Cl2N4O. The van der Waals surface area contributed by atoms with Crippen LogP contribution in [0.2, 0.25) is 10.0 Å². The summed E-state index contributed by atoms with van der Waals surface area (Å²) in [5, 5.41) is 7.07. The van der Waals surface area contributed by atoms with Crippen LogP contribution in [0.3, 0.4) is 0 Å². The lowest BCUT2D eigenvalue weighted by Crippen LogP contribution is -2.35. The number of benzene rings is 1. The van der Waals surface area contributed by atoms with Crippen LogP contribution in [0.15, 0.2) is 24.4 Å². The zero-order chi connectivity index (χ0) is 15.7. The molecular weight excluding hydrogens is 323 g/mol. The van der Waals surface area contributed by atoms with E-state index in [-0.39, 0.29) is 11.9 Å². The normalized spacial score (nSPS) is 17.1. The van der Waals surface area contributed by atoms with Gasteiger partial charge >= 0.3 is 0 Å². The highest BCUT2D eigenvalue weighted by Crippen LogP contribution is 2.27. The summed E-state index contributed by atoms with van der Waals surface area (Å²) in [7, 11) is 0. The molecule has 1 aromatic heterocycles. The third-order valence-corrected chi connectivity index (χ3v) is 4.33. The van der Waals surface area contributed by atoms with Crippen LogP contribution in [0.1, 0.15) is 35.7 Å². The fourth-order valence-electron chi connectivity index (χ4n) is 2.65. The Morgan fingerprint density at radius 1 is 1.50 bits per heavy atom. The van der Waals surface area contributed by atoms with Crippen molar-refractivity contribution in [1.82, 2.24) is 14.9 Å². The molecule has 0 unspecified atom stereocenters. The zero-order valence-corrected chi connectivity index (χ0v) is 13.6. The topological polar surface area (TPSA) is 59.0 Å². The van der Waals surface area contributed by atoms with Gasteiger partial charge in [0.05, 0.1) is 23.5 Å². The van der Waals surface area contributed by atoms with Crippen molar-refractivity contribution >= 4 is 34.8 Å². The Balaban J connectivity index is 1.88. The molecule has 0 radical (unpaired) electrons. The number of nitrogens with zero attached hydrogens (tertiary/aromatic N) is 2. The molecule has 0 aliphatic carbocycles. The molecule has 3 rings (SSSR count). The highest BCUT2D eigenvalue weighted by atomic mass is 35.5. The van der Waals surface area contributed by atoms with E-state index < -0.39 is 0 Å². The summed E-state index contributed by atoms with van der Waals surface area (Å²) in [6.07, 6.45) is 2.54. The fraction of sp³-hybridized carbons (Fsp3) is 0.333. The SMILES string of the molecule is CC[C@@H]1CNCc2ncc(C(=O)Nc3ccc(Cl)cc3Cl)n21. The van der Waals surface area contributed by atoms with Crippen molar-refractivity contribution in [2.75, 3.05) is 11.9 Å². The van der Waals surface area contributed by atoms with Gasteiger partial charge in [-0.1, -0.05) is 30.1 Å². The minimum Gasteiger partial charge on any atom is -0.319 e. The first-order valence-electron chi connectivity index (χ1n) is 7.13. The summed E-state index contributed by atoms with van der Waals surface area (Å²) < 4.78 is 2.01. The number of fused-ring (bicyclic) bond motifs is 1. The molecule has 2 N–H and O–H groups in total. The van der Waals surface area contributed by atoms with Crippen LogP contribution in [-0.4, -0.2) is 22.0 Å². The molecule has 0 bridgehead atoms. The molecule has 1 atom stereocenters. The maximum Gasteiger partial charge on any atom is 0.273 e. The summed E-state index contributed by atoms with van der Waals surface area (Å²) >= 11 is 12.0. The summed E-state index contributed by atoms with van der Waals surface area (Å²) in [4.78, 5) is 16.9. The molecule has 1 aliphatic rings. The molecule has 1 aliphatic heterocycles. The average Bonchev–Trinajstić information content (AvgIpc) is 2.94. The van der Waals surface area contributed by atoms with Gasteiger partial charge in [-0.2, -0.15) is 0 Å². The lowest BCUT2D eigenvalue weighted by Gasteiger charge is -2.26. The summed E-state index contributed by atoms with van der Waals surface area (Å²) in [6.45, 7) is 3.60. The number of carbonyl (C=O) groups excluding carboxylic acids is 1. The molecule has 116 valence electrons. The number of amides is 1. The van der Waals surface area contributed by atoms with Gasteiger partial charge in [0.25, 0.3) is 5.91 Å². The van der Waals surface area contributed by atoms with Gasteiger partial charge in [-0.15, -0.1) is 0 Å². The minimum absolute atomic E-state index is 0.219. The summed E-state index contributed by atoms with van der Waals surface area (Å²) in [5.74, 6) is 0.661. The number of aromatic nitrogens is 2. The third kappa shape index (κ3) is 2.84. The number of halogens is 2. The zero-order valence-electron chi connectivity index (χ0n) is 12.1. The molecule has 0 saturated carbocycles. The van der Waals surface area contributed by atoms with Crippen LogP contribution < -0.4 is 10.6 Å². The maximum absolute atomic E-state index is 12.6. The van der Waals surface area contributed by atoms with Crippen molar-refractivity contribution in [2.45, 2.75) is 25.9 Å². The third-order valence-electron chi connectivity index (χ3n) is 3.78. The highest BCUT2D eigenvalue weighted by Gasteiger charge is 2.25. The monoisotopic (exact) mass is 338 g/mol. The number of imidazole rings is 1. The largest absolute Gasteiger partial charge is 0.319 e. The van der Waals surface area contributed by atoms with Crippen molar-refractivity contribution in [3.8, 4) is 0 Å². The van der Waals surface area contributed by atoms with Crippen LogP contribution in [0.4, 0.5) is 5.69 Å². The molecule has 5 nitrogen and oxygen atoms in total. The second-order valence-electron chi connectivity index (χ2n) is 5.20. The van der Waals surface area contributed by atoms with Gasteiger partial charge in [0.2, 0.25) is 0 Å². The Labute approximate surface area is 138 Å². The first-order valence-corrected chi connectivity index (χ1v) is 7.89. The van der Waals surface area contributed by atoms with Crippen LogP contribution in [-0.2, 0) is 6.54 Å². The van der Waals surface area contributed by atoms with E-state index in [1.165, 1.54) is 0 Å². The van der Waals surface area contributed by atoms with Crippen molar-refractivity contribution in [1.29, 1.82) is 0 Å². The van der Waals surface area contributed by atoms with Crippen molar-refractivity contribution < 1.29 is 4.79 Å². The van der Waals surface area contributed by atoms with E-state index in [1.54, 1.807) is 24.4 Å². The van der Waals surface area contributed by atoms with Crippen LogP contribution in [0, 0.1) is 0 Å². The Hall–Kier alpha value is -1.56. The first kappa shape index (κ1) is 15.3. The molecule has 22 heavy (non-hydrogen) atoms. The number of carbonyl (C=O) groups is 1.